The molecule has 0 spiro atoms. The molecule has 2 aromatic rings. The van der Waals surface area contributed by atoms with E-state index in [0.29, 0.717) is 17.6 Å². The van der Waals surface area contributed by atoms with Crippen molar-refractivity contribution in [2.75, 3.05) is 11.5 Å². The summed E-state index contributed by atoms with van der Waals surface area (Å²) in [5, 5.41) is 0. The number of rotatable bonds is 4. The van der Waals surface area contributed by atoms with Crippen LogP contribution in [0.15, 0.2) is 6.33 Å². The maximum atomic E-state index is 11.6. The van der Waals surface area contributed by atoms with Gasteiger partial charge in [0.2, 0.25) is 5.95 Å². The van der Waals surface area contributed by atoms with Gasteiger partial charge in [-0.3, -0.25) is 14.2 Å². The maximum absolute atomic E-state index is 11.6. The van der Waals surface area contributed by atoms with Gasteiger partial charge in [0.05, 0.1) is 6.33 Å². The minimum atomic E-state index is -0.879. The van der Waals surface area contributed by atoms with Crippen molar-refractivity contribution in [1.82, 2.24) is 19.5 Å². The molecule has 140 valence electrons. The number of fused-ring (bicyclic) bond motifs is 1. The lowest BCUT2D eigenvalue weighted by atomic mass is 10.1. The first-order chi connectivity index (χ1) is 12.3. The molecule has 11 heteroatoms. The fourth-order valence-corrected chi connectivity index (χ4v) is 3.05. The summed E-state index contributed by atoms with van der Waals surface area (Å²) in [4.78, 5) is 35.3. The molecule has 3 rings (SSSR count). The molecule has 0 radical (unpaired) electrons. The average molecular weight is 364 g/mol. The molecule has 0 aliphatic carbocycles. The molecule has 1 aliphatic rings. The first-order valence-electron chi connectivity index (χ1n) is 8.07. The van der Waals surface area contributed by atoms with Crippen LogP contribution in [0.5, 0.6) is 0 Å². The quantitative estimate of drug-likeness (QED) is 0.716. The van der Waals surface area contributed by atoms with Gasteiger partial charge in [0, 0.05) is 13.8 Å². The molecular formula is C15H20N6O5. The number of hydrogen-bond donors (Lipinski definition) is 2. The summed E-state index contributed by atoms with van der Waals surface area (Å²) in [7, 11) is 0. The second-order valence-electron chi connectivity index (χ2n) is 5.91. The number of carbonyl (C=O) groups excluding carboxylic acids is 2. The number of nitrogen functional groups attached to an aromatic ring is 2. The Labute approximate surface area is 148 Å². The number of nitrogens with zero attached hydrogens (tertiary/aromatic N) is 4. The van der Waals surface area contributed by atoms with E-state index in [9.17, 15) is 9.59 Å². The first-order valence-corrected chi connectivity index (χ1v) is 8.07. The third-order valence-corrected chi connectivity index (χ3v) is 4.03. The molecule has 1 unspecified atom stereocenters. The van der Waals surface area contributed by atoms with Crippen LogP contribution in [0.2, 0.25) is 0 Å². The van der Waals surface area contributed by atoms with E-state index in [1.807, 2.05) is 6.92 Å². The second-order valence-corrected chi connectivity index (χ2v) is 5.91. The fraction of sp³-hybridized carbons (Fsp3) is 0.533. The van der Waals surface area contributed by atoms with Crippen LogP contribution in [-0.2, 0) is 23.8 Å². The Morgan fingerprint density at radius 2 is 1.85 bits per heavy atom. The number of nitrogens with two attached hydrogens (primary N) is 2. The summed E-state index contributed by atoms with van der Waals surface area (Å²) >= 11 is 0. The highest BCUT2D eigenvalue weighted by molar-refractivity contribution is 5.82. The lowest BCUT2D eigenvalue weighted by Gasteiger charge is -2.23. The smallest absolute Gasteiger partial charge is 0.303 e. The summed E-state index contributed by atoms with van der Waals surface area (Å²) in [6.45, 7) is 4.43. The highest BCUT2D eigenvalue weighted by Gasteiger charge is 2.49. The summed E-state index contributed by atoms with van der Waals surface area (Å²) in [6.07, 6.45) is -0.942. The predicted molar refractivity (Wildman–Crippen MR) is 89.5 cm³/mol. The maximum Gasteiger partial charge on any atom is 0.303 e. The van der Waals surface area contributed by atoms with Crippen molar-refractivity contribution >= 4 is 34.9 Å². The molecule has 1 fully saturated rings. The van der Waals surface area contributed by atoms with Gasteiger partial charge < -0.3 is 25.7 Å². The lowest BCUT2D eigenvalue weighted by molar-refractivity contribution is -0.165. The van der Waals surface area contributed by atoms with Crippen LogP contribution in [0.3, 0.4) is 0 Å². The van der Waals surface area contributed by atoms with Crippen LogP contribution in [0, 0.1) is 0 Å². The zero-order valence-electron chi connectivity index (χ0n) is 14.6. The van der Waals surface area contributed by atoms with Crippen LogP contribution < -0.4 is 11.5 Å². The van der Waals surface area contributed by atoms with Crippen molar-refractivity contribution in [2.45, 2.75) is 51.7 Å². The minimum Gasteiger partial charge on any atom is -0.456 e. The number of hydrogen-bond acceptors (Lipinski definition) is 10. The van der Waals surface area contributed by atoms with Crippen LogP contribution in [0.1, 0.15) is 33.4 Å². The van der Waals surface area contributed by atoms with Gasteiger partial charge in [-0.15, -0.1) is 0 Å². The van der Waals surface area contributed by atoms with Gasteiger partial charge in [0.15, 0.2) is 29.9 Å². The van der Waals surface area contributed by atoms with E-state index < -0.39 is 36.5 Å². The number of imidazole rings is 1. The van der Waals surface area contributed by atoms with Crippen molar-refractivity contribution in [2.24, 2.45) is 0 Å². The third kappa shape index (κ3) is 3.12. The van der Waals surface area contributed by atoms with E-state index in [-0.39, 0.29) is 11.8 Å². The van der Waals surface area contributed by atoms with Crippen LogP contribution in [0.4, 0.5) is 11.8 Å². The number of ether oxygens (including phenoxy) is 3. The SMILES string of the molecule is CC[C@H]1OC(n2cnc3c(N)nc(N)nc32)[C@H](OC(C)=O)[C@@H]1OC(C)=O. The van der Waals surface area contributed by atoms with Gasteiger partial charge in [-0.1, -0.05) is 6.92 Å². The van der Waals surface area contributed by atoms with E-state index in [1.165, 1.54) is 20.2 Å². The van der Waals surface area contributed by atoms with Gasteiger partial charge in [-0.25, -0.2) is 4.98 Å². The number of carbonyl (C=O) groups is 2. The highest BCUT2D eigenvalue weighted by Crippen LogP contribution is 2.37. The van der Waals surface area contributed by atoms with Crippen molar-refractivity contribution in [3.05, 3.63) is 6.33 Å². The second kappa shape index (κ2) is 6.75. The van der Waals surface area contributed by atoms with Crippen LogP contribution in [-0.4, -0.2) is 49.8 Å². The van der Waals surface area contributed by atoms with E-state index >= 15 is 0 Å². The highest BCUT2D eigenvalue weighted by atomic mass is 16.6. The van der Waals surface area contributed by atoms with Crippen molar-refractivity contribution in [1.29, 1.82) is 0 Å². The fourth-order valence-electron chi connectivity index (χ4n) is 3.05. The van der Waals surface area contributed by atoms with Gasteiger partial charge in [-0.05, 0) is 6.42 Å². The molecule has 1 saturated heterocycles. The van der Waals surface area contributed by atoms with E-state index in [4.69, 9.17) is 25.7 Å². The summed E-state index contributed by atoms with van der Waals surface area (Å²) in [5.74, 6) is -0.934. The Hall–Kier alpha value is -2.95. The Morgan fingerprint density at radius 3 is 2.46 bits per heavy atom. The lowest BCUT2D eigenvalue weighted by Crippen LogP contribution is -2.38. The number of anilines is 2. The molecule has 11 nitrogen and oxygen atoms in total. The summed E-state index contributed by atoms with van der Waals surface area (Å²) in [5.41, 5.74) is 12.2. The van der Waals surface area contributed by atoms with Gasteiger partial charge in [0.1, 0.15) is 11.6 Å². The topological polar surface area (TPSA) is 157 Å². The van der Waals surface area contributed by atoms with E-state index in [0.717, 1.165) is 0 Å². The summed E-state index contributed by atoms with van der Waals surface area (Å²) in [6, 6.07) is 0. The molecule has 0 aromatic carbocycles. The molecule has 4 atom stereocenters. The minimum absolute atomic E-state index is 0.0256. The van der Waals surface area contributed by atoms with Crippen LogP contribution >= 0.6 is 0 Å². The molecule has 0 amide bonds. The molecule has 4 N–H and O–H groups in total. The third-order valence-electron chi connectivity index (χ3n) is 4.03. The molecule has 0 saturated carbocycles. The molecule has 1 aliphatic heterocycles. The van der Waals surface area contributed by atoms with Crippen LogP contribution in [0.25, 0.3) is 11.2 Å². The Bertz CT molecular complexity index is 852. The van der Waals surface area contributed by atoms with Gasteiger partial charge in [0.25, 0.3) is 0 Å². The molecule has 0 bridgehead atoms. The first kappa shape index (κ1) is 17.9. The van der Waals surface area contributed by atoms with Gasteiger partial charge >= 0.3 is 11.9 Å². The molecular weight excluding hydrogens is 344 g/mol. The Morgan fingerprint density at radius 1 is 1.19 bits per heavy atom. The van der Waals surface area contributed by atoms with Crippen molar-refractivity contribution < 1.29 is 23.8 Å². The number of aromatic nitrogens is 4. The summed E-state index contributed by atoms with van der Waals surface area (Å²) < 4.78 is 18.3. The molecule has 2 aromatic heterocycles. The zero-order valence-corrected chi connectivity index (χ0v) is 14.6. The largest absolute Gasteiger partial charge is 0.456 e. The Balaban J connectivity index is 2.07. The van der Waals surface area contributed by atoms with E-state index in [1.54, 1.807) is 4.57 Å². The van der Waals surface area contributed by atoms with E-state index in [2.05, 4.69) is 15.0 Å². The number of esters is 2. The standard InChI is InChI=1S/C15H20N6O5/c1-4-8-10(24-6(2)22)11(25-7(3)23)14(26-8)21-5-18-9-12(16)19-15(17)20-13(9)21/h5,8,10-11,14H,4H2,1-3H3,(H4,16,17,19,20)/t8-,10-,11-,14?/m1/s1. The molecule has 3 heterocycles. The van der Waals surface area contributed by atoms with Crippen molar-refractivity contribution in [3.8, 4) is 0 Å². The van der Waals surface area contributed by atoms with Crippen molar-refractivity contribution in [3.63, 3.8) is 0 Å². The zero-order chi connectivity index (χ0) is 19.0. The monoisotopic (exact) mass is 364 g/mol. The molecule has 26 heavy (non-hydrogen) atoms. The average Bonchev–Trinajstić information content (AvgIpc) is 3.09. The Kier molecular flexibility index (Phi) is 4.64. The predicted octanol–water partition coefficient (Wildman–Crippen LogP) is 0.162. The normalized spacial score (nSPS) is 25.3. The van der Waals surface area contributed by atoms with Gasteiger partial charge in [-0.2, -0.15) is 9.97 Å².